The Labute approximate surface area is 132 Å². The third-order valence-corrected chi connectivity index (χ3v) is 4.14. The van der Waals surface area contributed by atoms with Crippen molar-refractivity contribution in [3.63, 3.8) is 0 Å². The first-order valence-corrected chi connectivity index (χ1v) is 8.14. The zero-order chi connectivity index (χ0) is 16.7. The van der Waals surface area contributed by atoms with Crippen LogP contribution in [0.4, 0.5) is 0 Å². The van der Waals surface area contributed by atoms with Crippen molar-refractivity contribution in [1.82, 2.24) is 0 Å². The van der Waals surface area contributed by atoms with Crippen molar-refractivity contribution in [3.8, 4) is 0 Å². The molecule has 0 aliphatic rings. The van der Waals surface area contributed by atoms with E-state index in [2.05, 4.69) is 0 Å². The lowest BCUT2D eigenvalue weighted by Gasteiger charge is -2.09. The van der Waals surface area contributed by atoms with Gasteiger partial charge in [0.25, 0.3) is 0 Å². The molecule has 120 valence electrons. The number of hydrogen-bond donors (Lipinski definition) is 4. The number of nitrogens with one attached hydrogen (secondary N) is 1. The second kappa shape index (κ2) is 8.63. The van der Waals surface area contributed by atoms with Crippen LogP contribution in [0.1, 0.15) is 5.56 Å². The van der Waals surface area contributed by atoms with Crippen LogP contribution in [0, 0.1) is 5.41 Å². The van der Waals surface area contributed by atoms with Gasteiger partial charge in [-0.05, 0) is 12.1 Å². The minimum Gasteiger partial charge on any atom is -0.480 e. The monoisotopic (exact) mass is 346 g/mol. The van der Waals surface area contributed by atoms with Crippen molar-refractivity contribution in [2.75, 3.05) is 11.5 Å². The van der Waals surface area contributed by atoms with Gasteiger partial charge in [0.15, 0.2) is 11.1 Å². The molecule has 10 heteroatoms. The average Bonchev–Trinajstić information content (AvgIpc) is 2.46. The Morgan fingerprint density at radius 3 is 2.64 bits per heavy atom. The van der Waals surface area contributed by atoms with E-state index in [4.69, 9.17) is 25.5 Å². The van der Waals surface area contributed by atoms with E-state index in [1.165, 1.54) is 24.3 Å². The molecule has 0 amide bonds. The van der Waals surface area contributed by atoms with Gasteiger partial charge in [-0.3, -0.25) is 15.0 Å². The van der Waals surface area contributed by atoms with Crippen LogP contribution in [-0.2, 0) is 25.4 Å². The summed E-state index contributed by atoms with van der Waals surface area (Å²) < 4.78 is 25.0. The topological polar surface area (TPSA) is 151 Å². The molecular formula is C12H14N2O6S2. The number of carbonyl (C=O) groups is 2. The zero-order valence-corrected chi connectivity index (χ0v) is 12.9. The first-order valence-electron chi connectivity index (χ1n) is 5.88. The Kier molecular flexibility index (Phi) is 7.18. The summed E-state index contributed by atoms with van der Waals surface area (Å²) in [5, 5.41) is 16.2. The standard InChI is InChI=1S/C12H14N2O6S2/c13-8(12(16)17)5-21-6-10(15)20-11(14)7-3-1-2-4-9(7)22(18)19/h1-4,8,14H,5-6,13H2,(H,16,17)(H,18,19)/t8-/m0/s1. The first-order chi connectivity index (χ1) is 10.3. The molecule has 0 aliphatic carbocycles. The van der Waals surface area contributed by atoms with Gasteiger partial charge < -0.3 is 20.1 Å². The summed E-state index contributed by atoms with van der Waals surface area (Å²) in [4.78, 5) is 22.0. The van der Waals surface area contributed by atoms with Gasteiger partial charge >= 0.3 is 11.9 Å². The molecule has 1 rings (SSSR count). The third-order valence-electron chi connectivity index (χ3n) is 2.37. The molecule has 1 unspecified atom stereocenters. The molecular weight excluding hydrogens is 332 g/mol. The van der Waals surface area contributed by atoms with Gasteiger partial charge in [0.05, 0.1) is 16.2 Å². The maximum Gasteiger partial charge on any atom is 0.322 e. The van der Waals surface area contributed by atoms with Crippen LogP contribution < -0.4 is 5.73 Å². The summed E-state index contributed by atoms with van der Waals surface area (Å²) in [5.41, 5.74) is 5.30. The quantitative estimate of drug-likeness (QED) is 0.238. The molecule has 8 nitrogen and oxygen atoms in total. The van der Waals surface area contributed by atoms with Crippen LogP contribution in [0.5, 0.6) is 0 Å². The Morgan fingerprint density at radius 2 is 2.05 bits per heavy atom. The summed E-state index contributed by atoms with van der Waals surface area (Å²) >= 11 is -1.35. The molecule has 5 N–H and O–H groups in total. The predicted molar refractivity (Wildman–Crippen MR) is 81.3 cm³/mol. The van der Waals surface area contributed by atoms with E-state index in [1.807, 2.05) is 0 Å². The second-order valence-electron chi connectivity index (χ2n) is 4.01. The molecule has 0 fully saturated rings. The molecule has 0 heterocycles. The molecule has 1 aromatic rings. The normalized spacial score (nSPS) is 13.2. The predicted octanol–water partition coefficient (Wildman–Crippen LogP) is 0.281. The van der Waals surface area contributed by atoms with Crippen LogP contribution in [0.2, 0.25) is 0 Å². The number of ether oxygens (including phenoxy) is 1. The van der Waals surface area contributed by atoms with Crippen LogP contribution >= 0.6 is 11.8 Å². The van der Waals surface area contributed by atoms with E-state index in [9.17, 15) is 13.8 Å². The second-order valence-corrected chi connectivity index (χ2v) is 5.98. The fraction of sp³-hybridized carbons (Fsp3) is 0.250. The van der Waals surface area contributed by atoms with E-state index >= 15 is 0 Å². The van der Waals surface area contributed by atoms with Crippen LogP contribution in [0.3, 0.4) is 0 Å². The maximum absolute atomic E-state index is 11.5. The molecule has 0 bridgehead atoms. The molecule has 2 atom stereocenters. The van der Waals surface area contributed by atoms with Gasteiger partial charge in [-0.2, -0.15) is 0 Å². The maximum atomic E-state index is 11.5. The highest BCUT2D eigenvalue weighted by Gasteiger charge is 2.17. The molecule has 0 saturated carbocycles. The van der Waals surface area contributed by atoms with E-state index in [0.717, 1.165) is 11.8 Å². The highest BCUT2D eigenvalue weighted by Crippen LogP contribution is 2.14. The molecule has 0 aliphatic heterocycles. The largest absolute Gasteiger partial charge is 0.480 e. The first kappa shape index (κ1) is 18.3. The van der Waals surface area contributed by atoms with Crippen LogP contribution in [-0.4, -0.2) is 49.3 Å². The Hall–Kier alpha value is -1.75. The smallest absolute Gasteiger partial charge is 0.322 e. The number of aliphatic carboxylic acids is 1. The van der Waals surface area contributed by atoms with E-state index in [1.54, 1.807) is 0 Å². The minimum atomic E-state index is -2.31. The number of carbonyl (C=O) groups excluding carboxylic acids is 1. The fourth-order valence-corrected chi connectivity index (χ4v) is 2.63. The Morgan fingerprint density at radius 1 is 1.41 bits per heavy atom. The summed E-state index contributed by atoms with van der Waals surface area (Å²) in [5.74, 6) is -2.66. The molecule has 0 spiro atoms. The summed E-state index contributed by atoms with van der Waals surface area (Å²) in [6, 6.07) is 4.69. The van der Waals surface area contributed by atoms with Crippen LogP contribution in [0.15, 0.2) is 29.2 Å². The van der Waals surface area contributed by atoms with Crippen molar-refractivity contribution >= 4 is 40.7 Å². The highest BCUT2D eigenvalue weighted by molar-refractivity contribution is 8.00. The number of esters is 1. The average molecular weight is 346 g/mol. The molecule has 0 saturated heterocycles. The molecule has 22 heavy (non-hydrogen) atoms. The van der Waals surface area contributed by atoms with E-state index in [-0.39, 0.29) is 22.0 Å². The van der Waals surface area contributed by atoms with Crippen molar-refractivity contribution in [2.24, 2.45) is 5.73 Å². The Bertz CT molecular complexity index is 607. The van der Waals surface area contributed by atoms with Gasteiger partial charge in [0.1, 0.15) is 6.04 Å². The van der Waals surface area contributed by atoms with Crippen LogP contribution in [0.25, 0.3) is 0 Å². The van der Waals surface area contributed by atoms with Crippen molar-refractivity contribution < 1.29 is 28.2 Å². The van der Waals surface area contributed by atoms with E-state index < -0.39 is 35.0 Å². The molecule has 0 radical (unpaired) electrons. The van der Waals surface area contributed by atoms with Gasteiger partial charge in [0, 0.05) is 5.75 Å². The molecule has 1 aromatic carbocycles. The third kappa shape index (κ3) is 5.56. The van der Waals surface area contributed by atoms with Crippen molar-refractivity contribution in [2.45, 2.75) is 10.9 Å². The number of thioether (sulfide) groups is 1. The zero-order valence-electron chi connectivity index (χ0n) is 11.2. The lowest BCUT2D eigenvalue weighted by molar-refractivity contribution is -0.138. The number of benzene rings is 1. The van der Waals surface area contributed by atoms with Crippen molar-refractivity contribution in [3.05, 3.63) is 29.8 Å². The van der Waals surface area contributed by atoms with E-state index in [0.29, 0.717) is 0 Å². The number of carboxylic acid groups (broad SMARTS) is 1. The number of rotatable bonds is 7. The lowest BCUT2D eigenvalue weighted by atomic mass is 10.2. The van der Waals surface area contributed by atoms with Gasteiger partial charge in [-0.25, -0.2) is 4.21 Å². The SMILES string of the molecule is N=C(OC(=O)CSC[C@H](N)C(=O)O)c1ccccc1S(=O)O. The number of hydrogen-bond acceptors (Lipinski definition) is 7. The van der Waals surface area contributed by atoms with Gasteiger partial charge in [-0.1, -0.05) is 12.1 Å². The number of carboxylic acids is 1. The minimum absolute atomic E-state index is 0.0228. The lowest BCUT2D eigenvalue weighted by Crippen LogP contribution is -2.32. The van der Waals surface area contributed by atoms with Gasteiger partial charge in [-0.15, -0.1) is 11.8 Å². The fourth-order valence-electron chi connectivity index (χ4n) is 1.35. The Balaban J connectivity index is 2.57. The number of nitrogens with two attached hydrogens (primary N) is 1. The summed E-state index contributed by atoms with van der Waals surface area (Å²) in [6.45, 7) is 0. The molecule has 0 aromatic heterocycles. The summed E-state index contributed by atoms with van der Waals surface area (Å²) in [6.07, 6.45) is 0. The van der Waals surface area contributed by atoms with Gasteiger partial charge in [0.2, 0.25) is 5.90 Å². The highest BCUT2D eigenvalue weighted by atomic mass is 32.2. The summed E-state index contributed by atoms with van der Waals surface area (Å²) in [7, 11) is 0. The van der Waals surface area contributed by atoms with Crippen molar-refractivity contribution in [1.29, 1.82) is 5.41 Å².